The van der Waals surface area contributed by atoms with Crippen molar-refractivity contribution in [1.29, 1.82) is 0 Å². The fraction of sp³-hybridized carbons (Fsp3) is 0.324. The van der Waals surface area contributed by atoms with Gasteiger partial charge < -0.3 is 29.0 Å². The summed E-state index contributed by atoms with van der Waals surface area (Å²) in [5.74, 6) is -1.78. The van der Waals surface area contributed by atoms with E-state index in [1.54, 1.807) is 13.0 Å². The summed E-state index contributed by atoms with van der Waals surface area (Å²) in [5.41, 5.74) is 1.36. The van der Waals surface area contributed by atoms with Gasteiger partial charge in [-0.05, 0) is 23.6 Å². The summed E-state index contributed by atoms with van der Waals surface area (Å²) in [6.45, 7) is 5.24. The van der Waals surface area contributed by atoms with E-state index in [2.05, 4.69) is 0 Å². The zero-order valence-corrected chi connectivity index (χ0v) is 24.7. The third-order valence-corrected chi connectivity index (χ3v) is 7.24. The largest absolute Gasteiger partial charge is 0.456 e. The minimum Gasteiger partial charge on any atom is -0.456 e. The topological polar surface area (TPSA) is 112 Å². The number of benzene rings is 3. The maximum atomic E-state index is 12.6. The molecule has 1 N–H and O–H groups in total. The number of hydrogen-bond donors (Lipinski definition) is 1. The highest BCUT2D eigenvalue weighted by atomic mass is 16.7. The van der Waals surface area contributed by atoms with Crippen molar-refractivity contribution in [3.8, 4) is 0 Å². The zero-order valence-electron chi connectivity index (χ0n) is 24.7. The summed E-state index contributed by atoms with van der Waals surface area (Å²) in [7, 11) is 0. The number of carbonyl (C=O) groups is 3. The monoisotopic (exact) mass is 587 g/mol. The van der Waals surface area contributed by atoms with E-state index in [0.717, 1.165) is 16.7 Å². The molecule has 0 radical (unpaired) electrons. The van der Waals surface area contributed by atoms with Gasteiger partial charge >= 0.3 is 11.9 Å². The second-order valence-electron chi connectivity index (χ2n) is 10.2. The molecule has 1 aliphatic heterocycles. The van der Waals surface area contributed by atoms with Crippen LogP contribution in [-0.4, -0.2) is 65.1 Å². The van der Waals surface area contributed by atoms with E-state index in [1.807, 2.05) is 91.0 Å². The first-order chi connectivity index (χ1) is 20.7. The van der Waals surface area contributed by atoms with Gasteiger partial charge in [-0.2, -0.15) is 0 Å². The SMILES string of the molecule is C/C=C/N(C(C)=O)[C@@H]1[C@@H](OC(C)=O)[C@H](OC(C)=O)[C@@H](COC(c2ccccc2)(c2ccccc2)c2ccccc2)O[C@H]1O. The Morgan fingerprint density at radius 2 is 1.23 bits per heavy atom. The van der Waals surface area contributed by atoms with Gasteiger partial charge in [-0.25, -0.2) is 0 Å². The number of aliphatic hydroxyl groups is 1. The predicted octanol–water partition coefficient (Wildman–Crippen LogP) is 4.33. The molecule has 5 atom stereocenters. The van der Waals surface area contributed by atoms with Gasteiger partial charge in [-0.1, -0.05) is 97.1 Å². The standard InChI is InChI=1S/C34H37NO8/c1-5-21-35(23(2)36)30-32(42-25(4)38)31(41-24(3)37)29(43-33(30)39)22-40-34(26-15-9-6-10-16-26,27-17-11-7-12-18-27)28-19-13-8-14-20-28/h5-21,29-33,39H,22H2,1-4H3/b21-5+/t29-,30-,31-,32-,33-/m1/s1. The molecule has 1 amide bonds. The minimum absolute atomic E-state index is 0.193. The molecule has 3 aromatic rings. The Kier molecular flexibility index (Phi) is 10.5. The van der Waals surface area contributed by atoms with Crippen molar-refractivity contribution in [2.45, 2.75) is 63.9 Å². The summed E-state index contributed by atoms with van der Waals surface area (Å²) in [5, 5.41) is 11.3. The number of hydrogen-bond acceptors (Lipinski definition) is 8. The van der Waals surface area contributed by atoms with E-state index in [4.69, 9.17) is 18.9 Å². The molecule has 0 bridgehead atoms. The van der Waals surface area contributed by atoms with Crippen LogP contribution in [0.4, 0.5) is 0 Å². The lowest BCUT2D eigenvalue weighted by molar-refractivity contribution is -0.279. The van der Waals surface area contributed by atoms with Gasteiger partial charge in [0.1, 0.15) is 17.7 Å². The van der Waals surface area contributed by atoms with Crippen molar-refractivity contribution in [3.63, 3.8) is 0 Å². The van der Waals surface area contributed by atoms with Crippen molar-refractivity contribution < 1.29 is 38.4 Å². The Hall–Kier alpha value is -4.31. The lowest BCUT2D eigenvalue weighted by Crippen LogP contribution is -2.66. The van der Waals surface area contributed by atoms with Crippen LogP contribution in [-0.2, 0) is 38.9 Å². The lowest BCUT2D eigenvalue weighted by atomic mass is 9.80. The molecule has 9 nitrogen and oxygen atoms in total. The number of aliphatic hydroxyl groups excluding tert-OH is 1. The minimum atomic E-state index is -1.61. The zero-order chi connectivity index (χ0) is 31.0. The van der Waals surface area contributed by atoms with Gasteiger partial charge in [0.25, 0.3) is 0 Å². The van der Waals surface area contributed by atoms with E-state index in [0.29, 0.717) is 0 Å². The third-order valence-electron chi connectivity index (χ3n) is 7.24. The van der Waals surface area contributed by atoms with Crippen LogP contribution in [0, 0.1) is 0 Å². The number of carbonyl (C=O) groups excluding carboxylic acids is 3. The van der Waals surface area contributed by atoms with Crippen LogP contribution in [0.15, 0.2) is 103 Å². The Bertz CT molecular complexity index is 1300. The lowest BCUT2D eigenvalue weighted by Gasteiger charge is -2.47. The Morgan fingerprint density at radius 1 is 0.791 bits per heavy atom. The van der Waals surface area contributed by atoms with Gasteiger partial charge in [0.05, 0.1) is 6.61 Å². The number of allylic oxidation sites excluding steroid dienone is 1. The van der Waals surface area contributed by atoms with E-state index < -0.39 is 54.1 Å². The molecule has 0 aromatic heterocycles. The van der Waals surface area contributed by atoms with Crippen molar-refractivity contribution in [2.24, 2.45) is 0 Å². The van der Waals surface area contributed by atoms with Gasteiger partial charge in [-0.3, -0.25) is 14.4 Å². The van der Waals surface area contributed by atoms with Crippen LogP contribution in [0.1, 0.15) is 44.4 Å². The summed E-state index contributed by atoms with van der Waals surface area (Å²) < 4.78 is 24.2. The van der Waals surface area contributed by atoms with Gasteiger partial charge in [0.2, 0.25) is 5.91 Å². The number of nitrogens with zero attached hydrogens (tertiary/aromatic N) is 1. The second kappa shape index (κ2) is 14.2. The molecule has 4 rings (SSSR count). The Labute approximate surface area is 251 Å². The van der Waals surface area contributed by atoms with Crippen LogP contribution in [0.25, 0.3) is 0 Å². The fourth-order valence-electron chi connectivity index (χ4n) is 5.55. The molecule has 9 heteroatoms. The van der Waals surface area contributed by atoms with Gasteiger partial charge in [0, 0.05) is 27.0 Å². The highest BCUT2D eigenvalue weighted by molar-refractivity contribution is 5.75. The molecule has 43 heavy (non-hydrogen) atoms. The molecule has 0 spiro atoms. The summed E-state index contributed by atoms with van der Waals surface area (Å²) >= 11 is 0. The Morgan fingerprint density at radius 3 is 1.63 bits per heavy atom. The maximum absolute atomic E-state index is 12.6. The molecular formula is C34H37NO8. The number of amides is 1. The van der Waals surface area contributed by atoms with Crippen LogP contribution in [0.3, 0.4) is 0 Å². The van der Waals surface area contributed by atoms with E-state index in [1.165, 1.54) is 31.9 Å². The Balaban J connectivity index is 1.82. The molecule has 0 saturated carbocycles. The van der Waals surface area contributed by atoms with Gasteiger partial charge in [-0.15, -0.1) is 0 Å². The summed E-state index contributed by atoms with van der Waals surface area (Å²) in [6.07, 6.45) is -2.13. The molecule has 3 aromatic carbocycles. The van der Waals surface area contributed by atoms with Crippen molar-refractivity contribution in [2.75, 3.05) is 6.61 Å². The van der Waals surface area contributed by atoms with Crippen LogP contribution in [0.5, 0.6) is 0 Å². The van der Waals surface area contributed by atoms with Crippen molar-refractivity contribution >= 4 is 17.8 Å². The molecular weight excluding hydrogens is 550 g/mol. The molecule has 1 aliphatic rings. The number of rotatable bonds is 10. The predicted molar refractivity (Wildman–Crippen MR) is 158 cm³/mol. The average Bonchev–Trinajstić information content (AvgIpc) is 2.99. The van der Waals surface area contributed by atoms with Crippen molar-refractivity contribution in [3.05, 3.63) is 120 Å². The molecule has 226 valence electrons. The van der Waals surface area contributed by atoms with Crippen molar-refractivity contribution in [1.82, 2.24) is 4.90 Å². The summed E-state index contributed by atoms with van der Waals surface area (Å²) in [6, 6.07) is 27.8. The molecule has 1 heterocycles. The second-order valence-corrected chi connectivity index (χ2v) is 10.2. The van der Waals surface area contributed by atoms with E-state index in [-0.39, 0.29) is 6.61 Å². The van der Waals surface area contributed by atoms with E-state index >= 15 is 0 Å². The highest BCUT2D eigenvalue weighted by Gasteiger charge is 2.53. The van der Waals surface area contributed by atoms with E-state index in [9.17, 15) is 19.5 Å². The first-order valence-corrected chi connectivity index (χ1v) is 14.1. The molecule has 1 fully saturated rings. The molecule has 1 saturated heterocycles. The quantitative estimate of drug-likeness (QED) is 0.276. The maximum Gasteiger partial charge on any atom is 0.303 e. The summed E-state index contributed by atoms with van der Waals surface area (Å²) in [4.78, 5) is 38.4. The van der Waals surface area contributed by atoms with Crippen LogP contribution >= 0.6 is 0 Å². The van der Waals surface area contributed by atoms with Crippen LogP contribution < -0.4 is 0 Å². The third kappa shape index (κ3) is 7.02. The number of ether oxygens (including phenoxy) is 4. The smallest absolute Gasteiger partial charge is 0.303 e. The highest BCUT2D eigenvalue weighted by Crippen LogP contribution is 2.41. The fourth-order valence-corrected chi connectivity index (χ4v) is 5.55. The average molecular weight is 588 g/mol. The van der Waals surface area contributed by atoms with Crippen LogP contribution in [0.2, 0.25) is 0 Å². The molecule has 0 aliphatic carbocycles. The normalized spacial score (nSPS) is 22.1. The number of esters is 2. The molecule has 0 unspecified atom stereocenters. The first-order valence-electron chi connectivity index (χ1n) is 14.1. The first kappa shape index (κ1) is 31.6. The van der Waals surface area contributed by atoms with Gasteiger partial charge in [0.15, 0.2) is 18.5 Å².